The lowest BCUT2D eigenvalue weighted by atomic mass is 9.97. The van der Waals surface area contributed by atoms with Gasteiger partial charge in [-0.3, -0.25) is 0 Å². The molecule has 0 spiro atoms. The van der Waals surface area contributed by atoms with Gasteiger partial charge in [0.2, 0.25) is 10.0 Å². The molecule has 0 radical (unpaired) electrons. The second-order valence-electron chi connectivity index (χ2n) is 5.19. The number of ether oxygens (including phenoxy) is 1. The molecule has 6 heteroatoms. The molecule has 0 bridgehead atoms. The first-order valence-corrected chi connectivity index (χ1v) is 8.48. The first kappa shape index (κ1) is 14.2. The molecule has 0 aromatic rings. The fourth-order valence-electron chi connectivity index (χ4n) is 3.02. The minimum absolute atomic E-state index is 0.104. The Balaban J connectivity index is 2.06. The molecule has 2 unspecified atom stereocenters. The Labute approximate surface area is 110 Å². The van der Waals surface area contributed by atoms with E-state index >= 15 is 0 Å². The van der Waals surface area contributed by atoms with Crippen LogP contribution in [0.4, 0.5) is 0 Å². The van der Waals surface area contributed by atoms with Gasteiger partial charge < -0.3 is 10.1 Å². The van der Waals surface area contributed by atoms with Gasteiger partial charge >= 0.3 is 0 Å². The molecule has 0 aromatic heterocycles. The third-order valence-corrected chi connectivity index (χ3v) is 5.81. The van der Waals surface area contributed by atoms with E-state index in [0.29, 0.717) is 12.6 Å². The minimum atomic E-state index is -3.16. The lowest BCUT2D eigenvalue weighted by Gasteiger charge is -2.38. The van der Waals surface area contributed by atoms with Crippen LogP contribution in [-0.2, 0) is 14.8 Å². The second-order valence-corrected chi connectivity index (χ2v) is 7.23. The summed E-state index contributed by atoms with van der Waals surface area (Å²) in [5.74, 6) is 0.104. The Morgan fingerprint density at radius 3 is 2.78 bits per heavy atom. The van der Waals surface area contributed by atoms with Gasteiger partial charge in [0.25, 0.3) is 0 Å². The van der Waals surface area contributed by atoms with Crippen molar-refractivity contribution in [2.24, 2.45) is 0 Å². The molecule has 0 saturated carbocycles. The number of hydrogen-bond donors (Lipinski definition) is 1. The summed E-state index contributed by atoms with van der Waals surface area (Å²) in [6, 6.07) is 0.505. The van der Waals surface area contributed by atoms with Crippen molar-refractivity contribution in [3.8, 4) is 0 Å². The van der Waals surface area contributed by atoms with Crippen LogP contribution in [0.2, 0.25) is 0 Å². The molecular weight excluding hydrogens is 252 g/mol. The third-order valence-electron chi connectivity index (χ3n) is 3.96. The highest BCUT2D eigenvalue weighted by molar-refractivity contribution is 7.89. The van der Waals surface area contributed by atoms with E-state index in [2.05, 4.69) is 5.32 Å². The average Bonchev–Trinajstić information content (AvgIpc) is 2.90. The number of sulfonamides is 1. The van der Waals surface area contributed by atoms with E-state index in [1.807, 2.05) is 0 Å². The maximum atomic E-state index is 12.3. The monoisotopic (exact) mass is 276 g/mol. The molecular formula is C12H24N2O3S. The van der Waals surface area contributed by atoms with Crippen molar-refractivity contribution in [1.82, 2.24) is 9.62 Å². The molecule has 2 heterocycles. The van der Waals surface area contributed by atoms with Crippen LogP contribution in [0.5, 0.6) is 0 Å². The summed E-state index contributed by atoms with van der Waals surface area (Å²) < 4.78 is 31.3. The number of piperidine rings is 1. The van der Waals surface area contributed by atoms with E-state index in [1.54, 1.807) is 11.4 Å². The number of hydrogen-bond acceptors (Lipinski definition) is 4. The van der Waals surface area contributed by atoms with Crippen LogP contribution < -0.4 is 5.32 Å². The van der Waals surface area contributed by atoms with Gasteiger partial charge in [-0.25, -0.2) is 8.42 Å². The van der Waals surface area contributed by atoms with Crippen molar-refractivity contribution >= 4 is 10.0 Å². The molecule has 1 N–H and O–H groups in total. The Bertz CT molecular complexity index is 352. The van der Waals surface area contributed by atoms with Crippen molar-refractivity contribution in [1.29, 1.82) is 0 Å². The molecule has 2 fully saturated rings. The average molecular weight is 276 g/mol. The van der Waals surface area contributed by atoms with Crippen LogP contribution in [0, 0.1) is 0 Å². The van der Waals surface area contributed by atoms with Crippen LogP contribution in [0.3, 0.4) is 0 Å². The summed E-state index contributed by atoms with van der Waals surface area (Å²) in [6.45, 7) is 1.98. The first-order valence-electron chi connectivity index (χ1n) is 6.87. The number of nitrogens with zero attached hydrogens (tertiary/aromatic N) is 1. The fraction of sp³-hybridized carbons (Fsp3) is 1.00. The van der Waals surface area contributed by atoms with E-state index in [4.69, 9.17) is 4.74 Å². The standard InChI is InChI=1S/C12H24N2O3S/c1-17-9-10-18(15,16)14-8-3-2-6-12(14)11-5-4-7-13-11/h11-13H,2-10H2,1H3. The third kappa shape index (κ3) is 3.23. The summed E-state index contributed by atoms with van der Waals surface area (Å²) in [4.78, 5) is 0. The second kappa shape index (κ2) is 6.32. The predicted octanol–water partition coefficient (Wildman–Crippen LogP) is 0.569. The van der Waals surface area contributed by atoms with Crippen LogP contribution in [-0.4, -0.2) is 57.4 Å². The Hall–Kier alpha value is -0.170. The maximum absolute atomic E-state index is 12.3. The van der Waals surface area contributed by atoms with Gasteiger partial charge in [0, 0.05) is 25.7 Å². The molecule has 0 aromatic carbocycles. The van der Waals surface area contributed by atoms with Crippen molar-refractivity contribution in [3.63, 3.8) is 0 Å². The first-order chi connectivity index (χ1) is 8.65. The Kier molecular flexibility index (Phi) is 5.00. The van der Waals surface area contributed by atoms with E-state index in [1.165, 1.54) is 0 Å². The molecule has 2 atom stereocenters. The van der Waals surface area contributed by atoms with Gasteiger partial charge in [-0.1, -0.05) is 6.42 Å². The lowest BCUT2D eigenvalue weighted by molar-refractivity contribution is 0.198. The lowest BCUT2D eigenvalue weighted by Crippen LogP contribution is -2.53. The van der Waals surface area contributed by atoms with Crippen molar-refractivity contribution < 1.29 is 13.2 Å². The highest BCUT2D eigenvalue weighted by atomic mass is 32.2. The van der Waals surface area contributed by atoms with Gasteiger partial charge in [0.15, 0.2) is 0 Å². The number of methoxy groups -OCH3 is 1. The van der Waals surface area contributed by atoms with Gasteiger partial charge in [0.05, 0.1) is 12.4 Å². The zero-order chi connectivity index (χ0) is 13.0. The number of rotatable bonds is 5. The zero-order valence-electron chi connectivity index (χ0n) is 11.1. The van der Waals surface area contributed by atoms with E-state index < -0.39 is 10.0 Å². The normalized spacial score (nSPS) is 30.7. The molecule has 2 aliphatic rings. The molecule has 2 rings (SSSR count). The van der Waals surface area contributed by atoms with Gasteiger partial charge in [-0.2, -0.15) is 4.31 Å². The largest absolute Gasteiger partial charge is 0.384 e. The van der Waals surface area contributed by atoms with Crippen LogP contribution in [0.15, 0.2) is 0 Å². The van der Waals surface area contributed by atoms with E-state index in [0.717, 1.165) is 38.6 Å². The number of nitrogens with one attached hydrogen (secondary N) is 1. The van der Waals surface area contributed by atoms with Gasteiger partial charge in [-0.05, 0) is 32.2 Å². The van der Waals surface area contributed by atoms with Crippen molar-refractivity contribution in [3.05, 3.63) is 0 Å². The fourth-order valence-corrected chi connectivity index (χ4v) is 4.71. The summed E-state index contributed by atoms with van der Waals surface area (Å²) >= 11 is 0. The molecule has 18 heavy (non-hydrogen) atoms. The van der Waals surface area contributed by atoms with E-state index in [9.17, 15) is 8.42 Å². The molecule has 0 amide bonds. The summed E-state index contributed by atoms with van der Waals surface area (Å²) in [7, 11) is -1.62. The highest BCUT2D eigenvalue weighted by Gasteiger charge is 2.37. The predicted molar refractivity (Wildman–Crippen MR) is 71.0 cm³/mol. The minimum Gasteiger partial charge on any atom is -0.384 e. The van der Waals surface area contributed by atoms with Crippen LogP contribution in [0.25, 0.3) is 0 Å². The van der Waals surface area contributed by atoms with Gasteiger partial charge in [-0.15, -0.1) is 0 Å². The van der Waals surface area contributed by atoms with Crippen LogP contribution in [0.1, 0.15) is 32.1 Å². The summed E-state index contributed by atoms with van der Waals surface area (Å²) in [5, 5.41) is 3.45. The Morgan fingerprint density at radius 1 is 1.28 bits per heavy atom. The zero-order valence-corrected chi connectivity index (χ0v) is 11.9. The van der Waals surface area contributed by atoms with E-state index in [-0.39, 0.29) is 18.4 Å². The summed E-state index contributed by atoms with van der Waals surface area (Å²) in [5.41, 5.74) is 0. The topological polar surface area (TPSA) is 58.6 Å². The highest BCUT2D eigenvalue weighted by Crippen LogP contribution is 2.26. The Morgan fingerprint density at radius 2 is 2.11 bits per heavy atom. The molecule has 106 valence electrons. The quantitative estimate of drug-likeness (QED) is 0.797. The molecule has 0 aliphatic carbocycles. The molecule has 2 saturated heterocycles. The van der Waals surface area contributed by atoms with Crippen LogP contribution >= 0.6 is 0 Å². The van der Waals surface area contributed by atoms with Gasteiger partial charge in [0.1, 0.15) is 0 Å². The molecule has 5 nitrogen and oxygen atoms in total. The SMILES string of the molecule is COCCS(=O)(=O)N1CCCCC1C1CCCN1. The van der Waals surface area contributed by atoms with Crippen molar-refractivity contribution in [2.75, 3.05) is 32.6 Å². The smallest absolute Gasteiger partial charge is 0.216 e. The van der Waals surface area contributed by atoms with Crippen molar-refractivity contribution in [2.45, 2.75) is 44.2 Å². The maximum Gasteiger partial charge on any atom is 0.216 e. The molecule has 2 aliphatic heterocycles. The summed E-state index contributed by atoms with van der Waals surface area (Å²) in [6.07, 6.45) is 5.37.